The van der Waals surface area contributed by atoms with Crippen LogP contribution in [0.2, 0.25) is 0 Å². The Kier molecular flexibility index (Phi) is 4.45. The topological polar surface area (TPSA) is 101 Å². The van der Waals surface area contributed by atoms with E-state index in [2.05, 4.69) is 12.1 Å². The van der Waals surface area contributed by atoms with Crippen LogP contribution in [-0.2, 0) is 14.4 Å². The molecule has 0 aromatic rings. The van der Waals surface area contributed by atoms with Gasteiger partial charge in [0.2, 0.25) is 0 Å². The second kappa shape index (κ2) is 6.43. The fraction of sp³-hybridized carbons (Fsp3) is 0.762. The number of Topliss-reactive ketones (excluding diaryl/α,β-unsaturated/α-hetero) is 1. The van der Waals surface area contributed by atoms with Gasteiger partial charge >= 0.3 is 0 Å². The lowest BCUT2D eigenvalue weighted by Crippen LogP contribution is -2.58. The highest BCUT2D eigenvalue weighted by Gasteiger charge is 2.65. The van der Waals surface area contributed by atoms with Gasteiger partial charge < -0.3 is 9.90 Å². The second-order valence-electron chi connectivity index (χ2n) is 9.25. The number of hydrogen-bond acceptors (Lipinski definition) is 6. The zero-order chi connectivity index (χ0) is 19.4. The summed E-state index contributed by atoms with van der Waals surface area (Å²) < 4.78 is 0. The summed E-state index contributed by atoms with van der Waals surface area (Å²) in [5.74, 6) is -0.423. The monoisotopic (exact) mass is 373 g/mol. The highest BCUT2D eigenvalue weighted by molar-refractivity contribution is 5.91. The molecule has 0 aliphatic heterocycles. The Morgan fingerprint density at radius 1 is 1.33 bits per heavy atom. The number of allylic oxidation sites excluding steroid dienone is 1. The zero-order valence-electron chi connectivity index (χ0n) is 15.7. The maximum Gasteiger partial charge on any atom is 0.162 e. The first-order valence-electron chi connectivity index (χ1n) is 10.1. The van der Waals surface area contributed by atoms with Gasteiger partial charge in [0.1, 0.15) is 12.9 Å². The third-order valence-electron chi connectivity index (χ3n) is 8.40. The third kappa shape index (κ3) is 2.45. The van der Waals surface area contributed by atoms with E-state index in [1.165, 1.54) is 0 Å². The summed E-state index contributed by atoms with van der Waals surface area (Å²) in [5.41, 5.74) is 0.0266. The van der Waals surface area contributed by atoms with Gasteiger partial charge in [-0.25, -0.2) is 0 Å². The molecule has 6 heteroatoms. The SMILES string of the molecule is CC12CCC(=O)C=C1CCC1C2C(N=O)CC2(C=O)C(C(=O)CO)CCC12. The highest BCUT2D eigenvalue weighted by Crippen LogP contribution is 2.66. The van der Waals surface area contributed by atoms with Gasteiger partial charge in [-0.1, -0.05) is 17.7 Å². The Hall–Kier alpha value is -1.69. The van der Waals surface area contributed by atoms with Crippen molar-refractivity contribution in [3.8, 4) is 0 Å². The fourth-order valence-corrected chi connectivity index (χ4v) is 7.28. The molecule has 0 aromatic carbocycles. The molecule has 6 nitrogen and oxygen atoms in total. The minimum atomic E-state index is -0.873. The lowest BCUT2D eigenvalue weighted by atomic mass is 9.45. The molecule has 0 aromatic heterocycles. The maximum absolute atomic E-state index is 12.4. The van der Waals surface area contributed by atoms with Gasteiger partial charge in [-0.2, -0.15) is 4.91 Å². The van der Waals surface area contributed by atoms with Crippen molar-refractivity contribution >= 4 is 17.9 Å². The third-order valence-corrected chi connectivity index (χ3v) is 8.40. The standard InChI is InChI=1S/C21H27NO5/c1-20-7-6-13(25)8-12(20)2-3-14-15-4-5-16(18(26)10-23)21(15,11-24)9-17(22-27)19(14)20/h8,11,14-17,19,23H,2-7,9-10H2,1H3. The maximum atomic E-state index is 12.4. The molecule has 27 heavy (non-hydrogen) atoms. The minimum Gasteiger partial charge on any atom is -0.389 e. The van der Waals surface area contributed by atoms with Crippen LogP contribution >= 0.6 is 0 Å². The summed E-state index contributed by atoms with van der Waals surface area (Å²) in [6, 6.07) is -0.537. The van der Waals surface area contributed by atoms with Crippen molar-refractivity contribution in [3.05, 3.63) is 16.6 Å². The van der Waals surface area contributed by atoms with Crippen LogP contribution in [0.3, 0.4) is 0 Å². The van der Waals surface area contributed by atoms with Crippen LogP contribution in [0.5, 0.6) is 0 Å². The van der Waals surface area contributed by atoms with E-state index >= 15 is 0 Å². The molecular formula is C21H27NO5. The number of fused-ring (bicyclic) bond motifs is 5. The molecule has 0 saturated heterocycles. The van der Waals surface area contributed by atoms with Gasteiger partial charge in [0.25, 0.3) is 0 Å². The van der Waals surface area contributed by atoms with Gasteiger partial charge in [0.05, 0.1) is 6.04 Å². The summed E-state index contributed by atoms with van der Waals surface area (Å²) >= 11 is 0. The molecule has 0 spiro atoms. The zero-order valence-corrected chi connectivity index (χ0v) is 15.7. The molecule has 146 valence electrons. The van der Waals surface area contributed by atoms with E-state index in [0.29, 0.717) is 19.3 Å². The number of carbonyl (C=O) groups excluding carboxylic acids is 3. The van der Waals surface area contributed by atoms with Crippen molar-refractivity contribution in [1.29, 1.82) is 0 Å². The van der Waals surface area contributed by atoms with Gasteiger partial charge in [0, 0.05) is 17.8 Å². The van der Waals surface area contributed by atoms with E-state index < -0.39 is 24.0 Å². The summed E-state index contributed by atoms with van der Waals surface area (Å²) in [5, 5.41) is 12.8. The number of aliphatic hydroxyl groups is 1. The van der Waals surface area contributed by atoms with Gasteiger partial charge in [-0.3, -0.25) is 9.59 Å². The highest BCUT2D eigenvalue weighted by atomic mass is 16.3. The van der Waals surface area contributed by atoms with Crippen LogP contribution in [0.25, 0.3) is 0 Å². The number of nitroso groups, excluding NO2 is 1. The predicted molar refractivity (Wildman–Crippen MR) is 97.6 cm³/mol. The first-order chi connectivity index (χ1) is 12.9. The number of nitrogens with zero attached hydrogens (tertiary/aromatic N) is 1. The summed E-state index contributed by atoms with van der Waals surface area (Å²) in [6.07, 6.45) is 7.18. The Bertz CT molecular complexity index is 730. The number of aldehydes is 1. The Balaban J connectivity index is 1.77. The normalized spacial score (nSPS) is 45.9. The van der Waals surface area contributed by atoms with E-state index in [1.54, 1.807) is 6.08 Å². The van der Waals surface area contributed by atoms with E-state index in [-0.39, 0.29) is 34.7 Å². The van der Waals surface area contributed by atoms with E-state index in [1.807, 2.05) is 0 Å². The van der Waals surface area contributed by atoms with Gasteiger partial charge in [0.15, 0.2) is 11.6 Å². The minimum absolute atomic E-state index is 0.0177. The van der Waals surface area contributed by atoms with E-state index in [9.17, 15) is 24.4 Å². The van der Waals surface area contributed by atoms with Gasteiger partial charge in [-0.15, -0.1) is 0 Å². The second-order valence-corrected chi connectivity index (χ2v) is 9.25. The molecular weight excluding hydrogens is 346 g/mol. The molecule has 4 aliphatic rings. The largest absolute Gasteiger partial charge is 0.389 e. The van der Waals surface area contributed by atoms with Crippen molar-refractivity contribution in [1.82, 2.24) is 0 Å². The van der Waals surface area contributed by atoms with Crippen LogP contribution in [0, 0.1) is 39.4 Å². The lowest BCUT2D eigenvalue weighted by Gasteiger charge is -2.58. The number of rotatable bonds is 4. The van der Waals surface area contributed by atoms with Crippen LogP contribution in [0.4, 0.5) is 0 Å². The molecule has 0 heterocycles. The van der Waals surface area contributed by atoms with Crippen molar-refractivity contribution < 1.29 is 19.5 Å². The van der Waals surface area contributed by atoms with Crippen LogP contribution in [0.15, 0.2) is 16.8 Å². The quantitative estimate of drug-likeness (QED) is 0.603. The smallest absolute Gasteiger partial charge is 0.162 e. The van der Waals surface area contributed by atoms with Crippen molar-refractivity contribution in [2.45, 2.75) is 57.9 Å². The molecule has 0 amide bonds. The number of aliphatic hydroxyl groups excluding tert-OH is 1. The first kappa shape index (κ1) is 18.7. The average molecular weight is 373 g/mol. The van der Waals surface area contributed by atoms with Crippen LogP contribution in [-0.4, -0.2) is 35.6 Å². The van der Waals surface area contributed by atoms with Gasteiger partial charge in [-0.05, 0) is 67.8 Å². The van der Waals surface area contributed by atoms with Crippen molar-refractivity contribution in [2.24, 2.45) is 39.7 Å². The lowest BCUT2D eigenvalue weighted by molar-refractivity contribution is -0.144. The summed E-state index contributed by atoms with van der Waals surface area (Å²) in [7, 11) is 0. The molecule has 4 aliphatic carbocycles. The number of hydrogen-bond donors (Lipinski definition) is 1. The Morgan fingerprint density at radius 2 is 2.11 bits per heavy atom. The molecule has 1 N–H and O–H groups in total. The molecule has 3 fully saturated rings. The van der Waals surface area contributed by atoms with Crippen LogP contribution in [0.1, 0.15) is 51.9 Å². The van der Waals surface area contributed by atoms with E-state index in [0.717, 1.165) is 37.5 Å². The Labute approximate surface area is 158 Å². The predicted octanol–water partition coefficient (Wildman–Crippen LogP) is 2.62. The molecule has 3 saturated carbocycles. The molecule has 0 bridgehead atoms. The molecule has 7 unspecified atom stereocenters. The number of ketones is 2. The van der Waals surface area contributed by atoms with Crippen molar-refractivity contribution in [3.63, 3.8) is 0 Å². The summed E-state index contributed by atoms with van der Waals surface area (Å²) in [6.45, 7) is 1.59. The molecule has 7 atom stereocenters. The van der Waals surface area contributed by atoms with E-state index in [4.69, 9.17) is 0 Å². The molecule has 0 radical (unpaired) electrons. The average Bonchev–Trinajstić information content (AvgIpc) is 3.06. The summed E-state index contributed by atoms with van der Waals surface area (Å²) in [4.78, 5) is 48.5. The molecule has 4 rings (SSSR count). The Morgan fingerprint density at radius 3 is 2.78 bits per heavy atom. The van der Waals surface area contributed by atoms with Crippen LogP contribution < -0.4 is 0 Å². The van der Waals surface area contributed by atoms with Crippen molar-refractivity contribution in [2.75, 3.05) is 6.61 Å². The fourth-order valence-electron chi connectivity index (χ4n) is 7.28. The number of carbonyl (C=O) groups is 3. The first-order valence-corrected chi connectivity index (χ1v) is 10.1.